The minimum Gasteiger partial charge on any atom is -0.377 e. The van der Waals surface area contributed by atoms with Gasteiger partial charge in [-0.25, -0.2) is 0 Å². The number of methoxy groups -OCH3 is 1. The maximum Gasteiger partial charge on any atom is 0.0754 e. The molecule has 9 heavy (non-hydrogen) atoms. The van der Waals surface area contributed by atoms with Gasteiger partial charge in [0.2, 0.25) is 0 Å². The quantitative estimate of drug-likeness (QED) is 0.488. The van der Waals surface area contributed by atoms with Gasteiger partial charge < -0.3 is 4.74 Å². The maximum atomic E-state index is 5.17. The molecule has 0 heterocycles. The van der Waals surface area contributed by atoms with Crippen molar-refractivity contribution in [3.05, 3.63) is 12.2 Å². The van der Waals surface area contributed by atoms with Crippen LogP contribution < -0.4 is 0 Å². The highest BCUT2D eigenvalue weighted by Crippen LogP contribution is 2.18. The van der Waals surface area contributed by atoms with E-state index in [1.807, 2.05) is 0 Å². The van der Waals surface area contributed by atoms with Crippen molar-refractivity contribution in [2.75, 3.05) is 7.11 Å². The Morgan fingerprint density at radius 2 is 2.33 bits per heavy atom. The third kappa shape index (κ3) is 1.83. The van der Waals surface area contributed by atoms with Crippen LogP contribution in [0.2, 0.25) is 0 Å². The van der Waals surface area contributed by atoms with Crippen molar-refractivity contribution in [2.45, 2.75) is 25.9 Å². The van der Waals surface area contributed by atoms with Crippen molar-refractivity contribution >= 4 is 0 Å². The van der Waals surface area contributed by atoms with Gasteiger partial charge in [-0.1, -0.05) is 19.1 Å². The molecule has 0 aliphatic heterocycles. The van der Waals surface area contributed by atoms with Gasteiger partial charge in [0.15, 0.2) is 0 Å². The van der Waals surface area contributed by atoms with Crippen molar-refractivity contribution in [3.8, 4) is 0 Å². The Morgan fingerprint density at radius 3 is 2.78 bits per heavy atom. The van der Waals surface area contributed by atoms with Crippen LogP contribution in [0.25, 0.3) is 0 Å². The van der Waals surface area contributed by atoms with Gasteiger partial charge in [-0.05, 0) is 18.8 Å². The zero-order valence-corrected chi connectivity index (χ0v) is 6.13. The first-order valence-corrected chi connectivity index (χ1v) is 3.52. The highest BCUT2D eigenvalue weighted by Gasteiger charge is 2.12. The fourth-order valence-electron chi connectivity index (χ4n) is 1.21. The van der Waals surface area contributed by atoms with E-state index in [9.17, 15) is 0 Å². The van der Waals surface area contributed by atoms with E-state index in [0.29, 0.717) is 6.10 Å². The first-order chi connectivity index (χ1) is 4.33. The van der Waals surface area contributed by atoms with Gasteiger partial charge in [-0.2, -0.15) is 0 Å². The minimum absolute atomic E-state index is 0.383. The summed E-state index contributed by atoms with van der Waals surface area (Å²) in [6.45, 7) is 2.26. The topological polar surface area (TPSA) is 9.23 Å². The third-order valence-corrected chi connectivity index (χ3v) is 1.83. The summed E-state index contributed by atoms with van der Waals surface area (Å²) in [6, 6.07) is 0. The molecule has 1 heteroatoms. The molecule has 0 aromatic heterocycles. The van der Waals surface area contributed by atoms with Crippen LogP contribution in [0, 0.1) is 5.92 Å². The fraction of sp³-hybridized carbons (Fsp3) is 0.750. The van der Waals surface area contributed by atoms with E-state index in [0.717, 1.165) is 5.92 Å². The van der Waals surface area contributed by atoms with Crippen LogP contribution in [0.3, 0.4) is 0 Å². The van der Waals surface area contributed by atoms with Crippen LogP contribution in [0.15, 0.2) is 12.2 Å². The summed E-state index contributed by atoms with van der Waals surface area (Å²) in [7, 11) is 1.77. The second-order valence-corrected chi connectivity index (χ2v) is 2.78. The average molecular weight is 126 g/mol. The lowest BCUT2D eigenvalue weighted by atomic mass is 9.94. The summed E-state index contributed by atoms with van der Waals surface area (Å²) in [4.78, 5) is 0. The molecule has 0 saturated heterocycles. The van der Waals surface area contributed by atoms with Crippen molar-refractivity contribution in [2.24, 2.45) is 5.92 Å². The average Bonchev–Trinajstić information content (AvgIpc) is 1.88. The maximum absolute atomic E-state index is 5.17. The van der Waals surface area contributed by atoms with Crippen molar-refractivity contribution in [3.63, 3.8) is 0 Å². The highest BCUT2D eigenvalue weighted by molar-refractivity contribution is 4.96. The largest absolute Gasteiger partial charge is 0.377 e. The van der Waals surface area contributed by atoms with Crippen LogP contribution in [0.4, 0.5) is 0 Å². The van der Waals surface area contributed by atoms with Gasteiger partial charge in [-0.3, -0.25) is 0 Å². The second kappa shape index (κ2) is 3.02. The number of ether oxygens (including phenoxy) is 1. The highest BCUT2D eigenvalue weighted by atomic mass is 16.5. The Bertz CT molecular complexity index is 107. The summed E-state index contributed by atoms with van der Waals surface area (Å²) in [5.41, 5.74) is 0. The summed E-state index contributed by atoms with van der Waals surface area (Å²) >= 11 is 0. The number of rotatable bonds is 1. The first kappa shape index (κ1) is 6.81. The third-order valence-electron chi connectivity index (χ3n) is 1.83. The lowest BCUT2D eigenvalue weighted by Crippen LogP contribution is -2.14. The SMILES string of the molecule is COC1C=CCC(C)C1. The van der Waals surface area contributed by atoms with E-state index in [-0.39, 0.29) is 0 Å². The van der Waals surface area contributed by atoms with Crippen molar-refractivity contribution in [1.82, 2.24) is 0 Å². The predicted molar refractivity (Wildman–Crippen MR) is 38.3 cm³/mol. The van der Waals surface area contributed by atoms with E-state index in [1.54, 1.807) is 7.11 Å². The smallest absolute Gasteiger partial charge is 0.0754 e. The molecule has 0 aromatic rings. The van der Waals surface area contributed by atoms with Gasteiger partial charge in [-0.15, -0.1) is 0 Å². The van der Waals surface area contributed by atoms with E-state index in [2.05, 4.69) is 19.1 Å². The van der Waals surface area contributed by atoms with Crippen LogP contribution in [-0.2, 0) is 4.74 Å². The molecule has 0 radical (unpaired) electrons. The van der Waals surface area contributed by atoms with Crippen LogP contribution in [0.5, 0.6) is 0 Å². The molecule has 1 nitrogen and oxygen atoms in total. The first-order valence-electron chi connectivity index (χ1n) is 3.52. The number of allylic oxidation sites excluding steroid dienone is 1. The summed E-state index contributed by atoms with van der Waals surface area (Å²) in [5.74, 6) is 0.806. The molecule has 0 saturated carbocycles. The summed E-state index contributed by atoms with van der Waals surface area (Å²) in [5, 5.41) is 0. The van der Waals surface area contributed by atoms with Crippen molar-refractivity contribution < 1.29 is 4.74 Å². The Labute approximate surface area is 56.7 Å². The second-order valence-electron chi connectivity index (χ2n) is 2.78. The molecule has 0 aromatic carbocycles. The Morgan fingerprint density at radius 1 is 1.56 bits per heavy atom. The lowest BCUT2D eigenvalue weighted by molar-refractivity contribution is 0.114. The van der Waals surface area contributed by atoms with E-state index in [4.69, 9.17) is 4.74 Å². The van der Waals surface area contributed by atoms with Gasteiger partial charge >= 0.3 is 0 Å². The van der Waals surface area contributed by atoms with Crippen molar-refractivity contribution in [1.29, 1.82) is 0 Å². The van der Waals surface area contributed by atoms with Crippen LogP contribution in [0.1, 0.15) is 19.8 Å². The molecule has 1 rings (SSSR count). The molecule has 2 atom stereocenters. The predicted octanol–water partition coefficient (Wildman–Crippen LogP) is 1.99. The molecular weight excluding hydrogens is 112 g/mol. The van der Waals surface area contributed by atoms with Gasteiger partial charge in [0.1, 0.15) is 0 Å². The summed E-state index contributed by atoms with van der Waals surface area (Å²) in [6.07, 6.45) is 7.16. The van der Waals surface area contributed by atoms with Gasteiger partial charge in [0.25, 0.3) is 0 Å². The van der Waals surface area contributed by atoms with Gasteiger partial charge in [0, 0.05) is 7.11 Å². The fourth-order valence-corrected chi connectivity index (χ4v) is 1.21. The molecule has 0 spiro atoms. The Hall–Kier alpha value is -0.300. The van der Waals surface area contributed by atoms with E-state index in [1.165, 1.54) is 12.8 Å². The van der Waals surface area contributed by atoms with Crippen LogP contribution >= 0.6 is 0 Å². The molecule has 1 aliphatic rings. The molecule has 0 fully saturated rings. The molecule has 0 N–H and O–H groups in total. The lowest BCUT2D eigenvalue weighted by Gasteiger charge is -2.19. The molecule has 0 bridgehead atoms. The minimum atomic E-state index is 0.383. The summed E-state index contributed by atoms with van der Waals surface area (Å²) < 4.78 is 5.17. The molecular formula is C8H14O. The van der Waals surface area contributed by atoms with Gasteiger partial charge in [0.05, 0.1) is 6.10 Å². The monoisotopic (exact) mass is 126 g/mol. The zero-order valence-electron chi connectivity index (χ0n) is 6.13. The number of hydrogen-bond donors (Lipinski definition) is 0. The number of hydrogen-bond acceptors (Lipinski definition) is 1. The Kier molecular flexibility index (Phi) is 2.29. The zero-order chi connectivity index (χ0) is 6.69. The Balaban J connectivity index is 2.39. The van der Waals surface area contributed by atoms with Crippen LogP contribution in [-0.4, -0.2) is 13.2 Å². The molecule has 1 aliphatic carbocycles. The molecule has 0 amide bonds. The molecule has 2 unspecified atom stereocenters. The molecule has 52 valence electrons. The van der Waals surface area contributed by atoms with E-state index >= 15 is 0 Å². The standard InChI is InChI=1S/C8H14O/c1-7-4-3-5-8(6-7)9-2/h3,5,7-8H,4,6H2,1-2H3. The van der Waals surface area contributed by atoms with E-state index < -0.39 is 0 Å². The normalized spacial score (nSPS) is 34.9.